The first-order valence-electron chi connectivity index (χ1n) is 6.18. The number of aromatic nitrogens is 2. The Balaban J connectivity index is 1.84. The lowest BCUT2D eigenvalue weighted by Crippen LogP contribution is -2.13. The van der Waals surface area contributed by atoms with Crippen molar-refractivity contribution in [3.8, 4) is 5.75 Å². The number of benzene rings is 1. The van der Waals surface area contributed by atoms with E-state index in [0.717, 1.165) is 24.3 Å². The molecule has 4 heteroatoms. The first kappa shape index (κ1) is 12.6. The number of phenols is 1. The van der Waals surface area contributed by atoms with E-state index in [1.807, 2.05) is 29.1 Å². The Labute approximate surface area is 107 Å². The Kier molecular flexibility index (Phi) is 3.99. The van der Waals surface area contributed by atoms with Gasteiger partial charge in [0.05, 0.1) is 5.69 Å². The molecule has 2 aromatic rings. The molecule has 0 bridgehead atoms. The third-order valence-corrected chi connectivity index (χ3v) is 2.74. The van der Waals surface area contributed by atoms with Crippen LogP contribution in [0.25, 0.3) is 0 Å². The molecular weight excluding hydrogens is 226 g/mol. The van der Waals surface area contributed by atoms with Crippen molar-refractivity contribution >= 4 is 0 Å². The molecule has 0 atom stereocenters. The molecule has 1 heterocycles. The smallest absolute Gasteiger partial charge is 0.115 e. The van der Waals surface area contributed by atoms with Crippen molar-refractivity contribution in [2.75, 3.05) is 0 Å². The normalized spacial score (nSPS) is 11.1. The fourth-order valence-corrected chi connectivity index (χ4v) is 1.76. The van der Waals surface area contributed by atoms with E-state index in [2.05, 4.69) is 24.3 Å². The summed E-state index contributed by atoms with van der Waals surface area (Å²) in [6.07, 6.45) is 2.00. The maximum atomic E-state index is 9.35. The van der Waals surface area contributed by atoms with Crippen LogP contribution in [-0.4, -0.2) is 14.9 Å². The second-order valence-corrected chi connectivity index (χ2v) is 4.65. The van der Waals surface area contributed by atoms with Gasteiger partial charge in [-0.1, -0.05) is 12.1 Å². The van der Waals surface area contributed by atoms with E-state index in [4.69, 9.17) is 0 Å². The average Bonchev–Trinajstić information content (AvgIpc) is 2.78. The third kappa shape index (κ3) is 3.34. The highest BCUT2D eigenvalue weighted by atomic mass is 16.3. The van der Waals surface area contributed by atoms with E-state index < -0.39 is 0 Å². The zero-order valence-corrected chi connectivity index (χ0v) is 10.8. The Morgan fingerprint density at radius 1 is 1.28 bits per heavy atom. The predicted molar refractivity (Wildman–Crippen MR) is 71.3 cm³/mol. The van der Waals surface area contributed by atoms with Gasteiger partial charge in [-0.05, 0) is 37.6 Å². The molecule has 0 saturated carbocycles. The van der Waals surface area contributed by atoms with Crippen molar-refractivity contribution in [2.24, 2.45) is 0 Å². The number of phenolic OH excluding ortho intramolecular Hbond substituents is 1. The summed E-state index contributed by atoms with van der Waals surface area (Å²) in [5.41, 5.74) is 2.10. The van der Waals surface area contributed by atoms with Crippen LogP contribution in [0, 0.1) is 0 Å². The summed E-state index contributed by atoms with van der Waals surface area (Å²) in [5, 5.41) is 17.1. The van der Waals surface area contributed by atoms with Crippen LogP contribution in [-0.2, 0) is 13.1 Å². The van der Waals surface area contributed by atoms with Crippen molar-refractivity contribution in [3.05, 3.63) is 47.8 Å². The number of rotatable bonds is 5. The minimum Gasteiger partial charge on any atom is -0.508 e. The molecule has 4 nitrogen and oxygen atoms in total. The largest absolute Gasteiger partial charge is 0.508 e. The quantitative estimate of drug-likeness (QED) is 0.850. The van der Waals surface area contributed by atoms with Gasteiger partial charge in [0.2, 0.25) is 0 Å². The molecule has 0 aliphatic rings. The van der Waals surface area contributed by atoms with Crippen LogP contribution < -0.4 is 5.32 Å². The average molecular weight is 245 g/mol. The summed E-state index contributed by atoms with van der Waals surface area (Å²) in [6, 6.07) is 9.69. The highest BCUT2D eigenvalue weighted by Crippen LogP contribution is 2.10. The topological polar surface area (TPSA) is 50.1 Å². The van der Waals surface area contributed by atoms with Crippen LogP contribution in [0.1, 0.15) is 31.1 Å². The first-order chi connectivity index (χ1) is 8.65. The zero-order valence-electron chi connectivity index (χ0n) is 10.8. The Bertz CT molecular complexity index is 505. The Hall–Kier alpha value is -1.81. The molecule has 0 unspecified atom stereocenters. The van der Waals surface area contributed by atoms with Crippen LogP contribution in [0.4, 0.5) is 0 Å². The maximum absolute atomic E-state index is 9.35. The van der Waals surface area contributed by atoms with Crippen molar-refractivity contribution < 1.29 is 5.11 Å². The summed E-state index contributed by atoms with van der Waals surface area (Å²) in [7, 11) is 0. The molecule has 0 aliphatic heterocycles. The number of hydrogen-bond acceptors (Lipinski definition) is 3. The van der Waals surface area contributed by atoms with Gasteiger partial charge in [-0.2, -0.15) is 5.10 Å². The van der Waals surface area contributed by atoms with Crippen LogP contribution in [0.15, 0.2) is 36.5 Å². The summed E-state index contributed by atoms with van der Waals surface area (Å²) in [6.45, 7) is 5.67. The lowest BCUT2D eigenvalue weighted by Gasteiger charge is -2.05. The minimum atomic E-state index is 0.304. The molecular formula is C14H19N3O. The van der Waals surface area contributed by atoms with Crippen molar-refractivity contribution in [1.82, 2.24) is 15.1 Å². The molecule has 0 radical (unpaired) electrons. The summed E-state index contributed by atoms with van der Waals surface area (Å²) in [5.74, 6) is 0.304. The Morgan fingerprint density at radius 2 is 2.11 bits per heavy atom. The van der Waals surface area contributed by atoms with E-state index in [1.54, 1.807) is 12.1 Å². The number of nitrogens with zero attached hydrogens (tertiary/aromatic N) is 2. The van der Waals surface area contributed by atoms with Gasteiger partial charge < -0.3 is 10.4 Å². The second kappa shape index (κ2) is 5.69. The summed E-state index contributed by atoms with van der Waals surface area (Å²) < 4.78 is 1.95. The van der Waals surface area contributed by atoms with Crippen LogP contribution in [0.3, 0.4) is 0 Å². The zero-order chi connectivity index (χ0) is 13.0. The van der Waals surface area contributed by atoms with Crippen LogP contribution in [0.2, 0.25) is 0 Å². The molecule has 0 amide bonds. The maximum Gasteiger partial charge on any atom is 0.115 e. The van der Waals surface area contributed by atoms with Crippen molar-refractivity contribution in [1.29, 1.82) is 0 Å². The molecule has 2 rings (SSSR count). The summed E-state index contributed by atoms with van der Waals surface area (Å²) in [4.78, 5) is 0. The highest BCUT2D eigenvalue weighted by molar-refractivity contribution is 5.26. The molecule has 96 valence electrons. The fraction of sp³-hybridized carbons (Fsp3) is 0.357. The summed E-state index contributed by atoms with van der Waals surface area (Å²) >= 11 is 0. The molecule has 0 saturated heterocycles. The van der Waals surface area contributed by atoms with Crippen molar-refractivity contribution in [3.63, 3.8) is 0 Å². The highest BCUT2D eigenvalue weighted by Gasteiger charge is 2.01. The molecule has 2 N–H and O–H groups in total. The molecule has 0 fully saturated rings. The van der Waals surface area contributed by atoms with Gasteiger partial charge in [0.15, 0.2) is 0 Å². The fourth-order valence-electron chi connectivity index (χ4n) is 1.76. The van der Waals surface area contributed by atoms with E-state index in [1.165, 1.54) is 0 Å². The minimum absolute atomic E-state index is 0.304. The van der Waals surface area contributed by atoms with E-state index in [-0.39, 0.29) is 0 Å². The Morgan fingerprint density at radius 3 is 2.78 bits per heavy atom. The predicted octanol–water partition coefficient (Wildman–Crippen LogP) is 2.46. The molecule has 0 spiro atoms. The number of nitrogens with one attached hydrogen (secondary N) is 1. The molecule has 1 aromatic carbocycles. The van der Waals surface area contributed by atoms with E-state index in [0.29, 0.717) is 11.8 Å². The van der Waals surface area contributed by atoms with Crippen LogP contribution >= 0.6 is 0 Å². The van der Waals surface area contributed by atoms with Gasteiger partial charge in [0.25, 0.3) is 0 Å². The first-order valence-corrected chi connectivity index (χ1v) is 6.18. The standard InChI is InChI=1S/C14H19N3O/c1-11(2)17-7-6-13(16-17)10-15-9-12-4-3-5-14(18)8-12/h3-8,11,15,18H,9-10H2,1-2H3. The SMILES string of the molecule is CC(C)n1ccc(CNCc2cccc(O)c2)n1. The number of hydrogen-bond donors (Lipinski definition) is 2. The lowest BCUT2D eigenvalue weighted by molar-refractivity contribution is 0.474. The van der Waals surface area contributed by atoms with Gasteiger partial charge in [-0.25, -0.2) is 0 Å². The van der Waals surface area contributed by atoms with Crippen LogP contribution in [0.5, 0.6) is 5.75 Å². The molecule has 0 aliphatic carbocycles. The van der Waals surface area contributed by atoms with Gasteiger partial charge in [-0.3, -0.25) is 4.68 Å². The number of aromatic hydroxyl groups is 1. The van der Waals surface area contributed by atoms with E-state index in [9.17, 15) is 5.11 Å². The lowest BCUT2D eigenvalue weighted by atomic mass is 10.2. The van der Waals surface area contributed by atoms with Gasteiger partial charge >= 0.3 is 0 Å². The third-order valence-electron chi connectivity index (χ3n) is 2.74. The second-order valence-electron chi connectivity index (χ2n) is 4.65. The van der Waals surface area contributed by atoms with Gasteiger partial charge in [0, 0.05) is 25.3 Å². The van der Waals surface area contributed by atoms with Crippen molar-refractivity contribution in [2.45, 2.75) is 33.0 Å². The molecule has 1 aromatic heterocycles. The molecule has 18 heavy (non-hydrogen) atoms. The van der Waals surface area contributed by atoms with Gasteiger partial charge in [0.1, 0.15) is 5.75 Å². The van der Waals surface area contributed by atoms with E-state index >= 15 is 0 Å². The monoisotopic (exact) mass is 245 g/mol. The van der Waals surface area contributed by atoms with Gasteiger partial charge in [-0.15, -0.1) is 0 Å².